The highest BCUT2D eigenvalue weighted by Gasteiger charge is 2.17. The maximum Gasteiger partial charge on any atom is 0.387 e. The van der Waals surface area contributed by atoms with E-state index in [0.29, 0.717) is 0 Å². The third-order valence-corrected chi connectivity index (χ3v) is 1.34. The number of hydrogen-bond acceptors (Lipinski definition) is 3. The van der Waals surface area contributed by atoms with Crippen LogP contribution in [0.3, 0.4) is 0 Å². The van der Waals surface area contributed by atoms with E-state index in [0.717, 1.165) is 6.20 Å². The minimum absolute atomic E-state index is 0.117. The fraction of sp³-hybridized carbons (Fsp3) is 0.286. The number of aromatic nitrogens is 1. The second kappa shape index (κ2) is 3.51. The lowest BCUT2D eigenvalue weighted by Crippen LogP contribution is -2.05. The molecule has 1 N–H and O–H groups in total. The molecule has 1 aromatic heterocycles. The van der Waals surface area contributed by atoms with Crippen LogP contribution in [0.2, 0.25) is 0 Å². The molecule has 1 rings (SSSR count). The van der Waals surface area contributed by atoms with Crippen molar-refractivity contribution in [2.45, 2.75) is 13.5 Å². The Kier molecular flexibility index (Phi) is 2.60. The van der Waals surface area contributed by atoms with Crippen LogP contribution in [-0.4, -0.2) is 16.7 Å². The van der Waals surface area contributed by atoms with Crippen molar-refractivity contribution in [2.24, 2.45) is 0 Å². The van der Waals surface area contributed by atoms with Gasteiger partial charge in [0.25, 0.3) is 0 Å². The van der Waals surface area contributed by atoms with E-state index in [2.05, 4.69) is 9.72 Å². The molecule has 0 aliphatic rings. The summed E-state index contributed by atoms with van der Waals surface area (Å²) < 4.78 is 40.1. The molecule has 0 amide bonds. The van der Waals surface area contributed by atoms with E-state index < -0.39 is 23.9 Å². The van der Waals surface area contributed by atoms with Crippen LogP contribution >= 0.6 is 0 Å². The molecule has 0 aliphatic carbocycles. The molecule has 0 radical (unpaired) electrons. The first-order chi connectivity index (χ1) is 6.02. The van der Waals surface area contributed by atoms with Crippen LogP contribution in [-0.2, 0) is 0 Å². The Balaban J connectivity index is 3.10. The van der Waals surface area contributed by atoms with E-state index in [9.17, 15) is 13.2 Å². The molecule has 0 spiro atoms. The molecule has 13 heavy (non-hydrogen) atoms. The van der Waals surface area contributed by atoms with Gasteiger partial charge in [-0.15, -0.1) is 0 Å². The molecule has 3 nitrogen and oxygen atoms in total. The Hall–Kier alpha value is -1.46. The molecule has 72 valence electrons. The Bertz CT molecular complexity index is 317. The van der Waals surface area contributed by atoms with Crippen molar-refractivity contribution in [3.8, 4) is 11.5 Å². The highest BCUT2D eigenvalue weighted by Crippen LogP contribution is 2.30. The summed E-state index contributed by atoms with van der Waals surface area (Å²) in [6.45, 7) is -1.91. The fourth-order valence-electron chi connectivity index (χ4n) is 0.751. The first kappa shape index (κ1) is 9.63. The number of ether oxygens (including phenoxy) is 1. The molecule has 0 aromatic carbocycles. The quantitative estimate of drug-likeness (QED) is 0.779. The van der Waals surface area contributed by atoms with Crippen molar-refractivity contribution in [3.05, 3.63) is 17.7 Å². The number of rotatable bonds is 2. The van der Waals surface area contributed by atoms with Gasteiger partial charge in [0.2, 0.25) is 5.75 Å². The minimum atomic E-state index is -3.18. The molecule has 1 heterocycles. The molecule has 0 saturated heterocycles. The van der Waals surface area contributed by atoms with Crippen LogP contribution < -0.4 is 4.74 Å². The summed E-state index contributed by atoms with van der Waals surface area (Å²) in [5.41, 5.74) is -0.117. The van der Waals surface area contributed by atoms with Crippen molar-refractivity contribution >= 4 is 0 Å². The van der Waals surface area contributed by atoms with Crippen LogP contribution in [0, 0.1) is 12.7 Å². The SMILES string of the molecule is Cc1ncc(O)c(OC(F)F)c1F. The van der Waals surface area contributed by atoms with E-state index in [1.54, 1.807) is 0 Å². The third kappa shape index (κ3) is 2.01. The van der Waals surface area contributed by atoms with Gasteiger partial charge in [0.05, 0.1) is 11.9 Å². The fourth-order valence-corrected chi connectivity index (χ4v) is 0.751. The second-order valence-electron chi connectivity index (χ2n) is 2.25. The Morgan fingerprint density at radius 1 is 1.54 bits per heavy atom. The zero-order chi connectivity index (χ0) is 10.0. The van der Waals surface area contributed by atoms with Gasteiger partial charge in [-0.25, -0.2) is 4.39 Å². The molecule has 6 heteroatoms. The van der Waals surface area contributed by atoms with E-state index in [1.807, 2.05) is 0 Å². The van der Waals surface area contributed by atoms with Crippen molar-refractivity contribution < 1.29 is 23.0 Å². The summed E-state index contributed by atoms with van der Waals surface area (Å²) in [6, 6.07) is 0. The highest BCUT2D eigenvalue weighted by molar-refractivity contribution is 5.39. The average molecular weight is 193 g/mol. The Morgan fingerprint density at radius 2 is 2.15 bits per heavy atom. The lowest BCUT2D eigenvalue weighted by Gasteiger charge is -2.07. The van der Waals surface area contributed by atoms with Gasteiger partial charge < -0.3 is 9.84 Å². The number of hydrogen-bond donors (Lipinski definition) is 1. The van der Waals surface area contributed by atoms with Gasteiger partial charge in [-0.05, 0) is 6.92 Å². The van der Waals surface area contributed by atoms with Gasteiger partial charge in [0.1, 0.15) is 0 Å². The molecule has 0 atom stereocenters. The maximum absolute atomic E-state index is 12.9. The average Bonchev–Trinajstić information content (AvgIpc) is 2.05. The number of alkyl halides is 2. The van der Waals surface area contributed by atoms with E-state index >= 15 is 0 Å². The first-order valence-electron chi connectivity index (χ1n) is 3.31. The van der Waals surface area contributed by atoms with Gasteiger partial charge >= 0.3 is 6.61 Å². The molecular weight excluding hydrogens is 187 g/mol. The van der Waals surface area contributed by atoms with Gasteiger partial charge in [-0.1, -0.05) is 0 Å². The number of aromatic hydroxyl groups is 1. The predicted molar refractivity (Wildman–Crippen MR) is 37.2 cm³/mol. The standard InChI is InChI=1S/C7H6F3NO2/c1-3-5(8)6(13-7(9)10)4(12)2-11-3/h2,7,12H,1H3. The van der Waals surface area contributed by atoms with E-state index in [-0.39, 0.29) is 5.69 Å². The topological polar surface area (TPSA) is 42.4 Å². The third-order valence-electron chi connectivity index (χ3n) is 1.34. The molecular formula is C7H6F3NO2. The molecule has 0 bridgehead atoms. The Labute approximate surface area is 71.8 Å². The van der Waals surface area contributed by atoms with Gasteiger partial charge in [-0.2, -0.15) is 8.78 Å². The first-order valence-corrected chi connectivity index (χ1v) is 3.31. The van der Waals surface area contributed by atoms with Crippen LogP contribution in [0.5, 0.6) is 11.5 Å². The zero-order valence-corrected chi connectivity index (χ0v) is 6.59. The number of halogens is 3. The Morgan fingerprint density at radius 3 is 2.69 bits per heavy atom. The summed E-state index contributed by atoms with van der Waals surface area (Å²) in [6.07, 6.45) is 0.843. The van der Waals surface area contributed by atoms with E-state index in [1.165, 1.54) is 6.92 Å². The smallest absolute Gasteiger partial charge is 0.387 e. The lowest BCUT2D eigenvalue weighted by atomic mass is 10.3. The minimum Gasteiger partial charge on any atom is -0.503 e. The maximum atomic E-state index is 12.9. The summed E-state index contributed by atoms with van der Waals surface area (Å²) >= 11 is 0. The number of pyridine rings is 1. The van der Waals surface area contributed by atoms with E-state index in [4.69, 9.17) is 5.11 Å². The summed E-state index contributed by atoms with van der Waals surface area (Å²) in [4.78, 5) is 3.40. The predicted octanol–water partition coefficient (Wildman–Crippen LogP) is 1.84. The van der Waals surface area contributed by atoms with Gasteiger partial charge in [-0.3, -0.25) is 4.98 Å². The zero-order valence-electron chi connectivity index (χ0n) is 6.59. The normalized spacial score (nSPS) is 10.5. The van der Waals surface area contributed by atoms with Crippen molar-refractivity contribution in [1.29, 1.82) is 0 Å². The molecule has 0 aliphatic heterocycles. The molecule has 0 saturated carbocycles. The van der Waals surface area contributed by atoms with Gasteiger partial charge in [0.15, 0.2) is 11.6 Å². The van der Waals surface area contributed by atoms with Crippen molar-refractivity contribution in [3.63, 3.8) is 0 Å². The number of nitrogens with zero attached hydrogens (tertiary/aromatic N) is 1. The highest BCUT2D eigenvalue weighted by atomic mass is 19.3. The second-order valence-corrected chi connectivity index (χ2v) is 2.25. The monoisotopic (exact) mass is 193 g/mol. The largest absolute Gasteiger partial charge is 0.503 e. The lowest BCUT2D eigenvalue weighted by molar-refractivity contribution is -0.0538. The van der Waals surface area contributed by atoms with Gasteiger partial charge in [0, 0.05) is 0 Å². The summed E-state index contributed by atoms with van der Waals surface area (Å²) in [5, 5.41) is 8.90. The molecule has 0 fully saturated rings. The van der Waals surface area contributed by atoms with Crippen molar-refractivity contribution in [2.75, 3.05) is 0 Å². The number of aryl methyl sites for hydroxylation is 1. The summed E-state index contributed by atoms with van der Waals surface area (Å²) in [7, 11) is 0. The van der Waals surface area contributed by atoms with Crippen LogP contribution in [0.4, 0.5) is 13.2 Å². The van der Waals surface area contributed by atoms with Crippen LogP contribution in [0.25, 0.3) is 0 Å². The molecule has 1 aromatic rings. The summed E-state index contributed by atoms with van der Waals surface area (Å²) in [5.74, 6) is -2.70. The van der Waals surface area contributed by atoms with Crippen molar-refractivity contribution in [1.82, 2.24) is 4.98 Å². The van der Waals surface area contributed by atoms with Crippen LogP contribution in [0.15, 0.2) is 6.20 Å². The molecule has 0 unspecified atom stereocenters. The van der Waals surface area contributed by atoms with Crippen LogP contribution in [0.1, 0.15) is 5.69 Å².